The number of hydrogen-bond acceptors (Lipinski definition) is 3. The lowest BCUT2D eigenvalue weighted by Crippen LogP contribution is -2.31. The van der Waals surface area contributed by atoms with Gasteiger partial charge in [-0.05, 0) is 36.6 Å². The molecule has 4 heteroatoms. The fourth-order valence-corrected chi connectivity index (χ4v) is 2.48. The van der Waals surface area contributed by atoms with E-state index in [-0.39, 0.29) is 5.91 Å². The molecule has 1 N–H and O–H groups in total. The van der Waals surface area contributed by atoms with Crippen LogP contribution in [0, 0.1) is 0 Å². The average Bonchev–Trinajstić information content (AvgIpc) is 2.28. The lowest BCUT2D eigenvalue weighted by atomic mass is 10.2. The van der Waals surface area contributed by atoms with E-state index in [4.69, 9.17) is 0 Å². The monoisotopic (exact) mass is 234 g/mol. The molecule has 1 aromatic rings. The standard InChI is InChI=1S/C12H14N2OS/c1-3-13-12(15)10-8-9-6-4-5-7-11(9)16-14(10)2/h4-8H,3H2,1-2H3,(H,13,15). The first-order valence-corrected chi connectivity index (χ1v) is 6.00. The molecule has 0 saturated carbocycles. The van der Waals surface area contributed by atoms with Gasteiger partial charge in [0.15, 0.2) is 0 Å². The third-order valence-electron chi connectivity index (χ3n) is 2.36. The molecule has 1 aliphatic heterocycles. The highest BCUT2D eigenvalue weighted by Gasteiger charge is 2.20. The Bertz CT molecular complexity index is 442. The van der Waals surface area contributed by atoms with E-state index >= 15 is 0 Å². The third-order valence-corrected chi connectivity index (χ3v) is 3.39. The van der Waals surface area contributed by atoms with Crippen molar-refractivity contribution >= 4 is 23.9 Å². The molecule has 0 spiro atoms. The van der Waals surface area contributed by atoms with Gasteiger partial charge in [0.25, 0.3) is 5.91 Å². The number of benzene rings is 1. The molecule has 84 valence electrons. The number of likely N-dealkylation sites (N-methyl/N-ethyl adjacent to an activating group) is 2. The summed E-state index contributed by atoms with van der Waals surface area (Å²) in [7, 11) is 1.90. The fourth-order valence-electron chi connectivity index (χ4n) is 1.58. The van der Waals surface area contributed by atoms with Crippen molar-refractivity contribution < 1.29 is 4.79 Å². The molecule has 0 unspecified atom stereocenters. The summed E-state index contributed by atoms with van der Waals surface area (Å²) in [6.07, 6.45) is 1.93. The lowest BCUT2D eigenvalue weighted by Gasteiger charge is -2.25. The summed E-state index contributed by atoms with van der Waals surface area (Å²) in [4.78, 5) is 13.0. The highest BCUT2D eigenvalue weighted by atomic mass is 32.2. The van der Waals surface area contributed by atoms with E-state index in [9.17, 15) is 4.79 Å². The zero-order valence-electron chi connectivity index (χ0n) is 9.36. The van der Waals surface area contributed by atoms with Gasteiger partial charge < -0.3 is 9.62 Å². The Morgan fingerprint density at radius 3 is 2.94 bits per heavy atom. The third kappa shape index (κ3) is 2.07. The molecule has 0 fully saturated rings. The Morgan fingerprint density at radius 2 is 2.19 bits per heavy atom. The van der Waals surface area contributed by atoms with Crippen LogP contribution in [0.1, 0.15) is 12.5 Å². The smallest absolute Gasteiger partial charge is 0.268 e. The Morgan fingerprint density at radius 1 is 1.44 bits per heavy atom. The van der Waals surface area contributed by atoms with Crippen LogP contribution in [0.5, 0.6) is 0 Å². The van der Waals surface area contributed by atoms with E-state index in [1.54, 1.807) is 11.9 Å². The van der Waals surface area contributed by atoms with Gasteiger partial charge in [0.05, 0.1) is 0 Å². The maximum Gasteiger partial charge on any atom is 0.268 e. The molecule has 1 heterocycles. The van der Waals surface area contributed by atoms with Crippen molar-refractivity contribution in [3.63, 3.8) is 0 Å². The number of nitrogens with one attached hydrogen (secondary N) is 1. The topological polar surface area (TPSA) is 32.3 Å². The summed E-state index contributed by atoms with van der Waals surface area (Å²) in [6.45, 7) is 2.57. The van der Waals surface area contributed by atoms with Crippen molar-refractivity contribution in [2.24, 2.45) is 0 Å². The van der Waals surface area contributed by atoms with Gasteiger partial charge in [0, 0.05) is 18.5 Å². The Hall–Kier alpha value is -1.42. The van der Waals surface area contributed by atoms with Gasteiger partial charge in [-0.1, -0.05) is 18.2 Å². The predicted octanol–water partition coefficient (Wildman–Crippen LogP) is 2.12. The van der Waals surface area contributed by atoms with Crippen LogP contribution >= 0.6 is 11.9 Å². The molecule has 1 aliphatic rings. The summed E-state index contributed by atoms with van der Waals surface area (Å²) < 4.78 is 1.90. The van der Waals surface area contributed by atoms with Crippen LogP contribution in [0.15, 0.2) is 34.9 Å². The van der Waals surface area contributed by atoms with Crippen LogP contribution in [-0.2, 0) is 4.79 Å². The first-order chi connectivity index (χ1) is 7.72. The van der Waals surface area contributed by atoms with Crippen molar-refractivity contribution in [2.75, 3.05) is 13.6 Å². The number of fused-ring (bicyclic) bond motifs is 1. The molecule has 3 nitrogen and oxygen atoms in total. The van der Waals surface area contributed by atoms with E-state index < -0.39 is 0 Å². The summed E-state index contributed by atoms with van der Waals surface area (Å²) >= 11 is 1.58. The van der Waals surface area contributed by atoms with Crippen LogP contribution in [0.25, 0.3) is 6.08 Å². The lowest BCUT2D eigenvalue weighted by molar-refractivity contribution is -0.118. The van der Waals surface area contributed by atoms with Gasteiger partial charge in [-0.3, -0.25) is 4.79 Å². The van der Waals surface area contributed by atoms with Crippen molar-refractivity contribution in [1.29, 1.82) is 0 Å². The Labute approximate surface area is 99.7 Å². The van der Waals surface area contributed by atoms with Crippen LogP contribution in [-0.4, -0.2) is 23.8 Å². The highest BCUT2D eigenvalue weighted by Crippen LogP contribution is 2.34. The van der Waals surface area contributed by atoms with Gasteiger partial charge in [0.2, 0.25) is 0 Å². The first kappa shape index (κ1) is 11.1. The average molecular weight is 234 g/mol. The van der Waals surface area contributed by atoms with Crippen molar-refractivity contribution in [2.45, 2.75) is 11.8 Å². The maximum atomic E-state index is 11.8. The van der Waals surface area contributed by atoms with E-state index in [0.717, 1.165) is 5.56 Å². The summed E-state index contributed by atoms with van der Waals surface area (Å²) in [5.41, 5.74) is 1.80. The fraction of sp³-hybridized carbons (Fsp3) is 0.250. The summed E-state index contributed by atoms with van der Waals surface area (Å²) in [5.74, 6) is -0.0213. The zero-order chi connectivity index (χ0) is 11.5. The molecular formula is C12H14N2OS. The predicted molar refractivity (Wildman–Crippen MR) is 66.7 cm³/mol. The van der Waals surface area contributed by atoms with Gasteiger partial charge in [-0.25, -0.2) is 0 Å². The number of carbonyl (C=O) groups is 1. The second-order valence-electron chi connectivity index (χ2n) is 3.52. The SMILES string of the molecule is CCNC(=O)C1=Cc2ccccc2SN1C. The van der Waals surface area contributed by atoms with Crippen molar-refractivity contribution in [1.82, 2.24) is 9.62 Å². The molecule has 0 radical (unpaired) electrons. The molecule has 0 atom stereocenters. The molecule has 1 aromatic carbocycles. The Kier molecular flexibility index (Phi) is 3.19. The quantitative estimate of drug-likeness (QED) is 0.795. The Balaban J connectivity index is 2.33. The maximum absolute atomic E-state index is 11.8. The second-order valence-corrected chi connectivity index (χ2v) is 4.69. The highest BCUT2D eigenvalue weighted by molar-refractivity contribution is 7.97. The summed E-state index contributed by atoms with van der Waals surface area (Å²) in [5, 5.41) is 2.81. The zero-order valence-corrected chi connectivity index (χ0v) is 10.2. The van der Waals surface area contributed by atoms with Crippen LogP contribution in [0.2, 0.25) is 0 Å². The minimum Gasteiger partial charge on any atom is -0.351 e. The largest absolute Gasteiger partial charge is 0.351 e. The normalized spacial score (nSPS) is 14.1. The van der Waals surface area contributed by atoms with E-state index in [1.165, 1.54) is 4.90 Å². The van der Waals surface area contributed by atoms with Crippen LogP contribution in [0.3, 0.4) is 0 Å². The van der Waals surface area contributed by atoms with Gasteiger partial charge in [-0.2, -0.15) is 0 Å². The minimum atomic E-state index is -0.0213. The van der Waals surface area contributed by atoms with Crippen molar-refractivity contribution in [3.8, 4) is 0 Å². The number of amides is 1. The molecule has 0 aromatic heterocycles. The number of nitrogens with zero attached hydrogens (tertiary/aromatic N) is 1. The molecule has 2 rings (SSSR count). The second kappa shape index (κ2) is 4.61. The van der Waals surface area contributed by atoms with E-state index in [1.807, 2.05) is 42.6 Å². The van der Waals surface area contributed by atoms with Crippen LogP contribution in [0.4, 0.5) is 0 Å². The molecule has 0 saturated heterocycles. The molecule has 1 amide bonds. The molecular weight excluding hydrogens is 220 g/mol. The molecule has 16 heavy (non-hydrogen) atoms. The minimum absolute atomic E-state index is 0.0213. The number of carbonyl (C=O) groups excluding carboxylic acids is 1. The first-order valence-electron chi connectivity index (χ1n) is 5.23. The summed E-state index contributed by atoms with van der Waals surface area (Å²) in [6, 6.07) is 8.07. The van der Waals surface area contributed by atoms with Gasteiger partial charge in [0.1, 0.15) is 5.70 Å². The van der Waals surface area contributed by atoms with Gasteiger partial charge in [-0.15, -0.1) is 0 Å². The van der Waals surface area contributed by atoms with Crippen molar-refractivity contribution in [3.05, 3.63) is 35.5 Å². The number of rotatable bonds is 2. The molecule has 0 bridgehead atoms. The van der Waals surface area contributed by atoms with E-state index in [2.05, 4.69) is 11.4 Å². The molecule has 0 aliphatic carbocycles. The van der Waals surface area contributed by atoms with Gasteiger partial charge >= 0.3 is 0 Å². The number of hydrogen-bond donors (Lipinski definition) is 1. The van der Waals surface area contributed by atoms with E-state index in [0.29, 0.717) is 12.2 Å². The van der Waals surface area contributed by atoms with Crippen LogP contribution < -0.4 is 5.32 Å².